The molecule has 0 atom stereocenters. The summed E-state index contributed by atoms with van der Waals surface area (Å²) in [5.74, 6) is 0. The molecule has 0 aliphatic rings. The summed E-state index contributed by atoms with van der Waals surface area (Å²) in [6.45, 7) is 0. The zero-order chi connectivity index (χ0) is 19.3. The second-order valence-corrected chi connectivity index (χ2v) is 6.68. The van der Waals surface area contributed by atoms with Crippen molar-refractivity contribution in [3.05, 3.63) is 84.4 Å². The molecule has 3 aromatic rings. The molecule has 0 saturated carbocycles. The van der Waals surface area contributed by atoms with Gasteiger partial charge >= 0.3 is 12.2 Å². The molecule has 3 rings (SSSR count). The first-order valence-electron chi connectivity index (χ1n) is 7.99. The van der Waals surface area contributed by atoms with Crippen LogP contribution in [0.25, 0.3) is 0 Å². The zero-order valence-electron chi connectivity index (χ0n) is 14.0. The molecule has 0 aliphatic carbocycles. The Hall–Kier alpha value is -2.93. The van der Waals surface area contributed by atoms with E-state index in [-0.39, 0.29) is 5.69 Å². The van der Waals surface area contributed by atoms with Gasteiger partial charge in [0.15, 0.2) is 0 Å². The lowest BCUT2D eigenvalue weighted by atomic mass is 10.2. The molecule has 0 fully saturated rings. The van der Waals surface area contributed by atoms with E-state index in [9.17, 15) is 18.0 Å². The standard InChI is InChI=1S/C20H15F3N2OS/c21-20(22,23)14-10-12-15(13-11-14)24-19(26)25-17-8-4-5-9-18(17)27-16-6-2-1-3-7-16/h1-13H,(H2,24,25,26). The van der Waals surface area contributed by atoms with Crippen LogP contribution in [0.4, 0.5) is 29.3 Å². The quantitative estimate of drug-likeness (QED) is 0.536. The first-order valence-corrected chi connectivity index (χ1v) is 8.81. The molecule has 0 heterocycles. The highest BCUT2D eigenvalue weighted by Crippen LogP contribution is 2.33. The fraction of sp³-hybridized carbons (Fsp3) is 0.0500. The molecule has 138 valence electrons. The second kappa shape index (κ2) is 8.18. The Morgan fingerprint density at radius 1 is 0.778 bits per heavy atom. The van der Waals surface area contributed by atoms with Gasteiger partial charge in [0.05, 0.1) is 11.3 Å². The predicted octanol–water partition coefficient (Wildman–Crippen LogP) is 6.50. The number of hydrogen-bond donors (Lipinski definition) is 2. The maximum Gasteiger partial charge on any atom is 0.416 e. The molecule has 0 bridgehead atoms. The third-order valence-corrected chi connectivity index (χ3v) is 4.66. The van der Waals surface area contributed by atoms with Crippen LogP contribution in [0.1, 0.15) is 5.56 Å². The van der Waals surface area contributed by atoms with E-state index < -0.39 is 17.8 Å². The van der Waals surface area contributed by atoms with E-state index in [1.807, 2.05) is 42.5 Å². The molecule has 0 aliphatic heterocycles. The van der Waals surface area contributed by atoms with Gasteiger partial charge in [-0.25, -0.2) is 4.79 Å². The van der Waals surface area contributed by atoms with Crippen molar-refractivity contribution in [2.45, 2.75) is 16.0 Å². The summed E-state index contributed by atoms with van der Waals surface area (Å²) in [4.78, 5) is 14.1. The SMILES string of the molecule is O=C(Nc1ccc(C(F)(F)F)cc1)Nc1ccccc1Sc1ccccc1. The van der Waals surface area contributed by atoms with Crippen molar-refractivity contribution in [2.24, 2.45) is 0 Å². The number of urea groups is 1. The van der Waals surface area contributed by atoms with E-state index in [1.165, 1.54) is 23.9 Å². The Labute approximate surface area is 158 Å². The third-order valence-electron chi connectivity index (χ3n) is 3.58. The van der Waals surface area contributed by atoms with Crippen LogP contribution in [0.15, 0.2) is 88.7 Å². The highest BCUT2D eigenvalue weighted by atomic mass is 32.2. The topological polar surface area (TPSA) is 41.1 Å². The highest BCUT2D eigenvalue weighted by Gasteiger charge is 2.29. The second-order valence-electron chi connectivity index (χ2n) is 5.57. The third kappa shape index (κ3) is 5.27. The number of nitrogens with one attached hydrogen (secondary N) is 2. The minimum absolute atomic E-state index is 0.272. The Morgan fingerprint density at radius 3 is 2.07 bits per heavy atom. The molecule has 0 radical (unpaired) electrons. The highest BCUT2D eigenvalue weighted by molar-refractivity contribution is 7.99. The monoisotopic (exact) mass is 388 g/mol. The van der Waals surface area contributed by atoms with Crippen molar-refractivity contribution in [2.75, 3.05) is 10.6 Å². The fourth-order valence-corrected chi connectivity index (χ4v) is 3.22. The predicted molar refractivity (Wildman–Crippen MR) is 101 cm³/mol. The molecule has 7 heteroatoms. The molecule has 2 amide bonds. The van der Waals surface area contributed by atoms with Gasteiger partial charge in [0, 0.05) is 15.5 Å². The molecular formula is C20H15F3N2OS. The molecule has 0 saturated heterocycles. The van der Waals surface area contributed by atoms with E-state index in [0.717, 1.165) is 21.9 Å². The van der Waals surface area contributed by atoms with Crippen molar-refractivity contribution < 1.29 is 18.0 Å². The van der Waals surface area contributed by atoms with Crippen LogP contribution in [0.5, 0.6) is 0 Å². The van der Waals surface area contributed by atoms with E-state index in [4.69, 9.17) is 0 Å². The lowest BCUT2D eigenvalue weighted by Gasteiger charge is -2.12. The molecule has 2 N–H and O–H groups in total. The van der Waals surface area contributed by atoms with Gasteiger partial charge in [0.2, 0.25) is 0 Å². The van der Waals surface area contributed by atoms with Crippen LogP contribution < -0.4 is 10.6 Å². The summed E-state index contributed by atoms with van der Waals surface area (Å²) in [5, 5.41) is 5.26. The van der Waals surface area contributed by atoms with Gasteiger partial charge < -0.3 is 10.6 Å². The normalized spacial score (nSPS) is 11.1. The maximum absolute atomic E-state index is 12.6. The summed E-state index contributed by atoms with van der Waals surface area (Å²) >= 11 is 1.50. The first kappa shape index (κ1) is 18.8. The molecule has 0 unspecified atom stereocenters. The van der Waals surface area contributed by atoms with Crippen molar-refractivity contribution in [3.8, 4) is 0 Å². The molecule has 3 aromatic carbocycles. The summed E-state index contributed by atoms with van der Waals surface area (Å²) in [7, 11) is 0. The number of benzene rings is 3. The minimum atomic E-state index is -4.41. The Balaban J connectivity index is 1.68. The van der Waals surface area contributed by atoms with E-state index in [2.05, 4.69) is 10.6 Å². The summed E-state index contributed by atoms with van der Waals surface area (Å²) < 4.78 is 37.8. The van der Waals surface area contributed by atoms with Crippen LogP contribution in [0, 0.1) is 0 Å². The van der Waals surface area contributed by atoms with Gasteiger partial charge in [-0.15, -0.1) is 0 Å². The van der Waals surface area contributed by atoms with Crippen molar-refractivity contribution >= 4 is 29.2 Å². The minimum Gasteiger partial charge on any atom is -0.308 e. The number of alkyl halides is 3. The van der Waals surface area contributed by atoms with E-state index in [0.29, 0.717) is 5.69 Å². The van der Waals surface area contributed by atoms with E-state index in [1.54, 1.807) is 12.1 Å². The van der Waals surface area contributed by atoms with Crippen molar-refractivity contribution in [3.63, 3.8) is 0 Å². The smallest absolute Gasteiger partial charge is 0.308 e. The van der Waals surface area contributed by atoms with Crippen molar-refractivity contribution in [1.82, 2.24) is 0 Å². The number of carbonyl (C=O) groups excluding carboxylic acids is 1. The molecular weight excluding hydrogens is 373 g/mol. The van der Waals surface area contributed by atoms with Gasteiger partial charge in [-0.1, -0.05) is 42.1 Å². The van der Waals surface area contributed by atoms with Gasteiger partial charge in [-0.3, -0.25) is 0 Å². The van der Waals surface area contributed by atoms with Crippen molar-refractivity contribution in [1.29, 1.82) is 0 Å². The largest absolute Gasteiger partial charge is 0.416 e. The lowest BCUT2D eigenvalue weighted by Crippen LogP contribution is -2.19. The summed E-state index contributed by atoms with van der Waals surface area (Å²) in [5.41, 5.74) is 0.113. The summed E-state index contributed by atoms with van der Waals surface area (Å²) in [6, 6.07) is 20.8. The van der Waals surface area contributed by atoms with Crippen LogP contribution in [-0.4, -0.2) is 6.03 Å². The van der Waals surface area contributed by atoms with E-state index >= 15 is 0 Å². The number of halogens is 3. The maximum atomic E-state index is 12.6. The lowest BCUT2D eigenvalue weighted by molar-refractivity contribution is -0.137. The van der Waals surface area contributed by atoms with Gasteiger partial charge in [-0.2, -0.15) is 13.2 Å². The number of anilines is 2. The average molecular weight is 388 g/mol. The first-order chi connectivity index (χ1) is 12.9. The molecule has 0 spiro atoms. The Morgan fingerprint density at radius 2 is 1.41 bits per heavy atom. The van der Waals surface area contributed by atoms with Crippen LogP contribution >= 0.6 is 11.8 Å². The fourth-order valence-electron chi connectivity index (χ4n) is 2.30. The molecule has 27 heavy (non-hydrogen) atoms. The van der Waals surface area contributed by atoms with Gasteiger partial charge in [0.25, 0.3) is 0 Å². The van der Waals surface area contributed by atoms with Gasteiger partial charge in [0.1, 0.15) is 0 Å². The zero-order valence-corrected chi connectivity index (χ0v) is 14.8. The van der Waals surface area contributed by atoms with Crippen LogP contribution in [0.2, 0.25) is 0 Å². The van der Waals surface area contributed by atoms with Gasteiger partial charge in [-0.05, 0) is 48.5 Å². The van der Waals surface area contributed by atoms with Crippen LogP contribution in [-0.2, 0) is 6.18 Å². The van der Waals surface area contributed by atoms with Crippen LogP contribution in [0.3, 0.4) is 0 Å². The molecule has 0 aromatic heterocycles. The number of amides is 2. The summed E-state index contributed by atoms with van der Waals surface area (Å²) in [6.07, 6.45) is -4.41. The Bertz CT molecular complexity index is 913. The Kier molecular flexibility index (Phi) is 5.71. The number of para-hydroxylation sites is 1. The number of carbonyl (C=O) groups is 1. The average Bonchev–Trinajstić information content (AvgIpc) is 2.64. The number of rotatable bonds is 4. The molecule has 3 nitrogen and oxygen atoms in total. The number of hydrogen-bond acceptors (Lipinski definition) is 2.